The van der Waals surface area contributed by atoms with Crippen LogP contribution in [0, 0.1) is 0 Å². The minimum atomic E-state index is -6.72. The van der Waals surface area contributed by atoms with E-state index in [0.717, 1.165) is 34.9 Å². The van der Waals surface area contributed by atoms with E-state index in [1.165, 1.54) is 0 Å². The van der Waals surface area contributed by atoms with Crippen LogP contribution >= 0.6 is 0 Å². The van der Waals surface area contributed by atoms with Gasteiger partial charge in [0.25, 0.3) is 0 Å². The highest BCUT2D eigenvalue weighted by Crippen LogP contribution is 2.36. The van der Waals surface area contributed by atoms with Crippen LogP contribution in [0.2, 0.25) is 0 Å². The van der Waals surface area contributed by atoms with Gasteiger partial charge in [0, 0.05) is 0 Å². The predicted molar refractivity (Wildman–Crippen MR) is 81.5 cm³/mol. The normalized spacial score (nSPS) is 18.0. The van der Waals surface area contributed by atoms with E-state index < -0.39 is 31.1 Å². The Labute approximate surface area is 157 Å². The molecule has 1 saturated heterocycles. The summed E-state index contributed by atoms with van der Waals surface area (Å²) >= 11 is 0. The van der Waals surface area contributed by atoms with Crippen LogP contribution in [0.3, 0.4) is 0 Å². The molecule has 0 N–H and O–H groups in total. The van der Waals surface area contributed by atoms with E-state index in [4.69, 9.17) is 9.47 Å². The molecule has 1 aliphatic rings. The van der Waals surface area contributed by atoms with Gasteiger partial charge in [0.2, 0.25) is 0 Å². The van der Waals surface area contributed by atoms with Crippen LogP contribution in [0.4, 0.5) is 26.3 Å². The average molecular weight is 468 g/mol. The molecule has 1 rings (SSSR count). The maximum Gasteiger partial charge on any atom is 0.480 e. The lowest BCUT2D eigenvalue weighted by atomic mass is 10.3. The van der Waals surface area contributed by atoms with Crippen LogP contribution < -0.4 is 0 Å². The molecule has 9 nitrogen and oxygen atoms in total. The second-order valence-electron chi connectivity index (χ2n) is 5.56. The molecule has 0 unspecified atom stereocenters. The van der Waals surface area contributed by atoms with E-state index in [1.54, 1.807) is 0 Å². The van der Waals surface area contributed by atoms with Gasteiger partial charge >= 0.3 is 17.0 Å². The summed E-state index contributed by atoms with van der Waals surface area (Å²) in [5.41, 5.74) is -12.4. The largest absolute Gasteiger partial charge is 0.480 e. The highest BCUT2D eigenvalue weighted by molar-refractivity contribution is 8.13. The lowest BCUT2D eigenvalue weighted by Crippen LogP contribution is -2.54. The summed E-state index contributed by atoms with van der Waals surface area (Å²) in [5.74, 6) is -0.105. The first-order valence-electron chi connectivity index (χ1n) is 7.30. The molecular formula is C11H18F6N2O7S2. The van der Waals surface area contributed by atoms with E-state index in [-0.39, 0.29) is 5.97 Å². The number of ether oxygens (including phenoxy) is 2. The lowest BCUT2D eigenvalue weighted by Gasteiger charge is -2.36. The summed E-state index contributed by atoms with van der Waals surface area (Å²) < 4.78 is 120. The van der Waals surface area contributed by atoms with Gasteiger partial charge in [-0.2, -0.15) is 26.3 Å². The van der Waals surface area contributed by atoms with Crippen molar-refractivity contribution in [1.82, 2.24) is 0 Å². The Morgan fingerprint density at radius 3 is 1.71 bits per heavy atom. The average Bonchev–Trinajstić information content (AvgIpc) is 2.44. The SMILES string of the molecule is CCOC(=O)C[N+]1(C)CCOCC1.O=S(=O)([N-]S(=O)(=O)C(F)(F)F)C(F)(F)F. The van der Waals surface area contributed by atoms with Gasteiger partial charge in [0.1, 0.15) is 13.1 Å². The first kappa shape index (κ1) is 26.8. The van der Waals surface area contributed by atoms with E-state index in [0.29, 0.717) is 13.2 Å². The van der Waals surface area contributed by atoms with Crippen molar-refractivity contribution in [1.29, 1.82) is 0 Å². The third-order valence-corrected chi connectivity index (χ3v) is 5.89. The Hall–Kier alpha value is -1.17. The van der Waals surface area contributed by atoms with Gasteiger partial charge in [0.15, 0.2) is 26.6 Å². The maximum absolute atomic E-state index is 11.4. The summed E-state index contributed by atoms with van der Waals surface area (Å²) in [4.78, 5) is 11.2. The zero-order valence-corrected chi connectivity index (χ0v) is 16.2. The molecule has 0 bridgehead atoms. The minimum Gasteiger partial charge on any atom is -0.462 e. The van der Waals surface area contributed by atoms with Crippen molar-refractivity contribution >= 4 is 26.0 Å². The van der Waals surface area contributed by atoms with Crippen molar-refractivity contribution < 1.29 is 61.9 Å². The lowest BCUT2D eigenvalue weighted by molar-refractivity contribution is -0.910. The first-order valence-corrected chi connectivity index (χ1v) is 10.2. The summed E-state index contributed by atoms with van der Waals surface area (Å²) in [6.45, 7) is 6.06. The number of likely N-dealkylation sites (N-methyl/N-ethyl adjacent to an activating group) is 1. The number of carbonyl (C=O) groups is 1. The zero-order valence-electron chi connectivity index (χ0n) is 14.6. The summed E-state index contributed by atoms with van der Waals surface area (Å²) in [5, 5.41) is 0. The van der Waals surface area contributed by atoms with Crippen LogP contribution in [-0.4, -0.2) is 84.8 Å². The molecule has 0 spiro atoms. The number of nitrogens with zero attached hydrogens (tertiary/aromatic N) is 2. The number of rotatable bonds is 5. The topological polar surface area (TPSA) is 118 Å². The fourth-order valence-electron chi connectivity index (χ4n) is 1.67. The maximum atomic E-state index is 11.4. The fourth-order valence-corrected chi connectivity index (χ4v) is 3.38. The quantitative estimate of drug-likeness (QED) is 0.337. The number of sulfonamides is 2. The number of alkyl halides is 6. The molecule has 0 aromatic heterocycles. The van der Waals surface area contributed by atoms with Crippen LogP contribution in [0.5, 0.6) is 0 Å². The highest BCUT2D eigenvalue weighted by atomic mass is 32.3. The molecule has 0 atom stereocenters. The van der Waals surface area contributed by atoms with Crippen LogP contribution in [0.1, 0.15) is 6.92 Å². The molecule has 1 aliphatic heterocycles. The third-order valence-electron chi connectivity index (χ3n) is 3.15. The molecule has 0 aromatic rings. The number of morpholine rings is 1. The standard InChI is InChI=1S/C9H18NO3.C2F6NO4S2/c1-3-13-9(11)8-10(2)4-6-12-7-5-10;3-1(4,5)14(10,11)9-15(12,13)2(6,7)8/h3-8H2,1-2H3;/q+1;-1. The molecular weight excluding hydrogens is 450 g/mol. The number of esters is 1. The van der Waals surface area contributed by atoms with Gasteiger partial charge in [-0.15, -0.1) is 0 Å². The molecule has 28 heavy (non-hydrogen) atoms. The Kier molecular flexibility index (Phi) is 9.15. The molecule has 0 amide bonds. The van der Waals surface area contributed by atoms with Crippen molar-refractivity contribution in [3.05, 3.63) is 4.13 Å². The fraction of sp³-hybridized carbons (Fsp3) is 0.909. The second kappa shape index (κ2) is 9.55. The van der Waals surface area contributed by atoms with Crippen molar-refractivity contribution in [2.24, 2.45) is 0 Å². The van der Waals surface area contributed by atoms with Gasteiger partial charge in [-0.25, -0.2) is 21.6 Å². The molecule has 0 aromatic carbocycles. The van der Waals surface area contributed by atoms with E-state index in [9.17, 15) is 48.0 Å². The molecule has 0 radical (unpaired) electrons. The smallest absolute Gasteiger partial charge is 0.462 e. The first-order chi connectivity index (χ1) is 12.4. The zero-order chi connectivity index (χ0) is 22.4. The van der Waals surface area contributed by atoms with Crippen molar-refractivity contribution in [2.75, 3.05) is 46.5 Å². The van der Waals surface area contributed by atoms with Crippen molar-refractivity contribution in [2.45, 2.75) is 17.9 Å². The summed E-state index contributed by atoms with van der Waals surface area (Å²) in [6, 6.07) is 0. The Balaban J connectivity index is 0.000000525. The molecule has 1 heterocycles. The number of hydrogen-bond donors (Lipinski definition) is 0. The van der Waals surface area contributed by atoms with Gasteiger partial charge in [-0.1, -0.05) is 0 Å². The van der Waals surface area contributed by atoms with Crippen LogP contribution in [-0.2, 0) is 34.3 Å². The Morgan fingerprint density at radius 2 is 1.39 bits per heavy atom. The van der Waals surface area contributed by atoms with Crippen LogP contribution in [0.25, 0.3) is 4.13 Å². The summed E-state index contributed by atoms with van der Waals surface area (Å²) in [6.07, 6.45) is 0. The molecule has 0 saturated carbocycles. The summed E-state index contributed by atoms with van der Waals surface area (Å²) in [7, 11) is -11.4. The molecule has 0 aliphatic carbocycles. The number of halogens is 6. The van der Waals surface area contributed by atoms with Gasteiger partial charge < -0.3 is 18.1 Å². The molecule has 168 valence electrons. The minimum absolute atomic E-state index is 0.105. The van der Waals surface area contributed by atoms with Gasteiger partial charge in [0.05, 0.1) is 26.9 Å². The van der Waals surface area contributed by atoms with E-state index in [1.807, 2.05) is 6.92 Å². The number of quaternary nitrogens is 1. The number of hydrogen-bond acceptors (Lipinski definition) is 7. The second-order valence-corrected chi connectivity index (χ2v) is 8.98. The van der Waals surface area contributed by atoms with Gasteiger partial charge in [-0.3, -0.25) is 0 Å². The van der Waals surface area contributed by atoms with Crippen molar-refractivity contribution in [3.8, 4) is 0 Å². The molecule has 17 heteroatoms. The van der Waals surface area contributed by atoms with E-state index in [2.05, 4.69) is 7.05 Å². The molecule has 1 fully saturated rings. The van der Waals surface area contributed by atoms with Gasteiger partial charge in [-0.05, 0) is 6.92 Å². The van der Waals surface area contributed by atoms with Crippen LogP contribution in [0.15, 0.2) is 0 Å². The van der Waals surface area contributed by atoms with Crippen molar-refractivity contribution in [3.63, 3.8) is 0 Å². The predicted octanol–water partition coefficient (Wildman–Crippen LogP) is 1.09. The Morgan fingerprint density at radius 1 is 1.00 bits per heavy atom. The van der Waals surface area contributed by atoms with E-state index >= 15 is 0 Å². The monoisotopic (exact) mass is 468 g/mol. The highest BCUT2D eigenvalue weighted by Gasteiger charge is 2.46. The number of carbonyl (C=O) groups excluding carboxylic acids is 1. The third kappa shape index (κ3) is 8.46. The Bertz CT molecular complexity index is 686.